The molecular formula is C21H24N2O3. The Morgan fingerprint density at radius 1 is 0.846 bits per heavy atom. The number of amides is 2. The number of ether oxygens (including phenoxy) is 1. The molecule has 2 aromatic rings. The molecule has 1 heterocycles. The maximum Gasteiger partial charge on any atom is 0.233 e. The number of para-hydroxylation sites is 1. The van der Waals surface area contributed by atoms with Crippen molar-refractivity contribution in [2.45, 2.75) is 32.1 Å². The van der Waals surface area contributed by atoms with Gasteiger partial charge in [-0.15, -0.1) is 0 Å². The molecule has 136 valence electrons. The molecule has 0 unspecified atom stereocenters. The minimum absolute atomic E-state index is 0.0894. The van der Waals surface area contributed by atoms with Gasteiger partial charge < -0.3 is 15.0 Å². The molecule has 1 N–H and O–H groups in total. The third kappa shape index (κ3) is 5.34. The van der Waals surface area contributed by atoms with Crippen LogP contribution < -0.4 is 10.1 Å². The van der Waals surface area contributed by atoms with Crippen molar-refractivity contribution < 1.29 is 14.3 Å². The number of anilines is 1. The van der Waals surface area contributed by atoms with Gasteiger partial charge in [0.15, 0.2) is 0 Å². The van der Waals surface area contributed by atoms with E-state index in [0.717, 1.165) is 44.5 Å². The molecule has 5 heteroatoms. The van der Waals surface area contributed by atoms with E-state index in [1.807, 2.05) is 35.2 Å². The Bertz CT molecular complexity index is 721. The van der Waals surface area contributed by atoms with Crippen LogP contribution in [-0.2, 0) is 9.59 Å². The molecule has 2 aromatic carbocycles. The van der Waals surface area contributed by atoms with Gasteiger partial charge in [-0.3, -0.25) is 9.59 Å². The van der Waals surface area contributed by atoms with E-state index in [0.29, 0.717) is 11.4 Å². The Kier molecular flexibility index (Phi) is 6.25. The molecule has 0 aliphatic carbocycles. The third-order valence-corrected chi connectivity index (χ3v) is 4.39. The van der Waals surface area contributed by atoms with E-state index in [-0.39, 0.29) is 18.2 Å². The summed E-state index contributed by atoms with van der Waals surface area (Å²) in [5.74, 6) is 1.08. The fourth-order valence-electron chi connectivity index (χ4n) is 3.01. The Morgan fingerprint density at radius 2 is 1.46 bits per heavy atom. The lowest BCUT2D eigenvalue weighted by molar-refractivity contribution is -0.134. The van der Waals surface area contributed by atoms with Crippen molar-refractivity contribution in [2.24, 2.45) is 0 Å². The van der Waals surface area contributed by atoms with Crippen molar-refractivity contribution in [3.63, 3.8) is 0 Å². The van der Waals surface area contributed by atoms with Crippen molar-refractivity contribution in [2.75, 3.05) is 18.4 Å². The number of hydrogen-bond acceptors (Lipinski definition) is 3. The highest BCUT2D eigenvalue weighted by Crippen LogP contribution is 2.22. The summed E-state index contributed by atoms with van der Waals surface area (Å²) < 4.78 is 5.72. The van der Waals surface area contributed by atoms with Crippen LogP contribution in [0.3, 0.4) is 0 Å². The number of nitrogens with one attached hydrogen (secondary N) is 1. The van der Waals surface area contributed by atoms with Gasteiger partial charge in [-0.1, -0.05) is 31.0 Å². The lowest BCUT2D eigenvalue weighted by Crippen LogP contribution is -2.34. The van der Waals surface area contributed by atoms with Gasteiger partial charge >= 0.3 is 0 Å². The molecular weight excluding hydrogens is 328 g/mol. The number of nitrogens with zero attached hydrogens (tertiary/aromatic N) is 1. The molecule has 0 spiro atoms. The van der Waals surface area contributed by atoms with Gasteiger partial charge in [-0.05, 0) is 49.2 Å². The van der Waals surface area contributed by atoms with Gasteiger partial charge in [0, 0.05) is 18.8 Å². The molecule has 0 bridgehead atoms. The Morgan fingerprint density at radius 3 is 2.12 bits per heavy atom. The van der Waals surface area contributed by atoms with Crippen molar-refractivity contribution in [1.29, 1.82) is 0 Å². The summed E-state index contributed by atoms with van der Waals surface area (Å²) in [7, 11) is 0. The van der Waals surface area contributed by atoms with Crippen LogP contribution in [0.5, 0.6) is 11.5 Å². The Hall–Kier alpha value is -2.82. The topological polar surface area (TPSA) is 58.6 Å². The number of hydrogen-bond donors (Lipinski definition) is 1. The zero-order chi connectivity index (χ0) is 18.2. The molecule has 0 saturated carbocycles. The smallest absolute Gasteiger partial charge is 0.233 e. The summed E-state index contributed by atoms with van der Waals surface area (Å²) >= 11 is 0. The molecule has 2 amide bonds. The Balaban J connectivity index is 1.50. The highest BCUT2D eigenvalue weighted by atomic mass is 16.5. The maximum atomic E-state index is 12.3. The van der Waals surface area contributed by atoms with E-state index in [1.165, 1.54) is 0 Å². The first-order valence-electron chi connectivity index (χ1n) is 9.11. The van der Waals surface area contributed by atoms with Crippen molar-refractivity contribution in [3.8, 4) is 11.5 Å². The number of likely N-dealkylation sites (tertiary alicyclic amines) is 1. The van der Waals surface area contributed by atoms with Crippen LogP contribution in [0.25, 0.3) is 0 Å². The minimum Gasteiger partial charge on any atom is -0.457 e. The number of carbonyl (C=O) groups is 2. The van der Waals surface area contributed by atoms with Crippen LogP contribution in [0.2, 0.25) is 0 Å². The monoisotopic (exact) mass is 352 g/mol. The van der Waals surface area contributed by atoms with E-state index >= 15 is 0 Å². The van der Waals surface area contributed by atoms with E-state index in [2.05, 4.69) is 5.32 Å². The fraction of sp³-hybridized carbons (Fsp3) is 0.333. The summed E-state index contributed by atoms with van der Waals surface area (Å²) in [6, 6.07) is 16.6. The third-order valence-electron chi connectivity index (χ3n) is 4.39. The number of carbonyl (C=O) groups excluding carboxylic acids is 2. The molecule has 1 aliphatic heterocycles. The predicted molar refractivity (Wildman–Crippen MR) is 101 cm³/mol. The molecule has 0 atom stereocenters. The molecule has 3 rings (SSSR count). The van der Waals surface area contributed by atoms with Crippen LogP contribution in [0.15, 0.2) is 54.6 Å². The van der Waals surface area contributed by atoms with E-state index in [4.69, 9.17) is 4.74 Å². The second kappa shape index (κ2) is 9.04. The normalized spacial score (nSPS) is 14.4. The summed E-state index contributed by atoms with van der Waals surface area (Å²) in [6.45, 7) is 1.52. The summed E-state index contributed by atoms with van der Waals surface area (Å²) in [6.07, 6.45) is 4.26. The SMILES string of the molecule is O=C(CC(=O)N1CCCCCC1)Nc1ccc(Oc2ccccc2)cc1. The predicted octanol–water partition coefficient (Wildman–Crippen LogP) is 4.21. The molecule has 0 radical (unpaired) electrons. The quantitative estimate of drug-likeness (QED) is 0.820. The van der Waals surface area contributed by atoms with Gasteiger partial charge in [-0.2, -0.15) is 0 Å². The Labute approximate surface area is 154 Å². The minimum atomic E-state index is -0.282. The van der Waals surface area contributed by atoms with Crippen LogP contribution in [0, 0.1) is 0 Å². The summed E-state index contributed by atoms with van der Waals surface area (Å²) in [5, 5.41) is 2.78. The average molecular weight is 352 g/mol. The van der Waals surface area contributed by atoms with E-state index in [1.54, 1.807) is 24.3 Å². The van der Waals surface area contributed by atoms with Gasteiger partial charge in [-0.25, -0.2) is 0 Å². The van der Waals surface area contributed by atoms with Crippen LogP contribution in [0.4, 0.5) is 5.69 Å². The first-order valence-corrected chi connectivity index (χ1v) is 9.11. The number of benzene rings is 2. The molecule has 0 aromatic heterocycles. The highest BCUT2D eigenvalue weighted by Gasteiger charge is 2.18. The zero-order valence-electron chi connectivity index (χ0n) is 14.8. The largest absolute Gasteiger partial charge is 0.457 e. The second-order valence-corrected chi connectivity index (χ2v) is 6.46. The van der Waals surface area contributed by atoms with Gasteiger partial charge in [0.25, 0.3) is 0 Å². The molecule has 5 nitrogen and oxygen atoms in total. The van der Waals surface area contributed by atoms with Crippen molar-refractivity contribution in [1.82, 2.24) is 4.90 Å². The van der Waals surface area contributed by atoms with E-state index < -0.39 is 0 Å². The van der Waals surface area contributed by atoms with Crippen LogP contribution >= 0.6 is 0 Å². The van der Waals surface area contributed by atoms with Crippen LogP contribution in [0.1, 0.15) is 32.1 Å². The first kappa shape index (κ1) is 18.0. The standard InChI is InChI=1S/C21H24N2O3/c24-20(16-21(25)23-14-6-1-2-7-15-23)22-17-10-12-19(13-11-17)26-18-8-4-3-5-9-18/h3-5,8-13H,1-2,6-7,14-16H2,(H,22,24). The van der Waals surface area contributed by atoms with Crippen molar-refractivity contribution in [3.05, 3.63) is 54.6 Å². The molecule has 1 aliphatic rings. The summed E-state index contributed by atoms with van der Waals surface area (Å²) in [4.78, 5) is 26.2. The zero-order valence-corrected chi connectivity index (χ0v) is 14.8. The lowest BCUT2D eigenvalue weighted by atomic mass is 10.2. The molecule has 1 fully saturated rings. The summed E-state index contributed by atoms with van der Waals surface area (Å²) in [5.41, 5.74) is 0.652. The van der Waals surface area contributed by atoms with E-state index in [9.17, 15) is 9.59 Å². The van der Waals surface area contributed by atoms with Gasteiger partial charge in [0.1, 0.15) is 17.9 Å². The number of rotatable bonds is 5. The maximum absolute atomic E-state index is 12.3. The molecule has 1 saturated heterocycles. The molecule has 26 heavy (non-hydrogen) atoms. The average Bonchev–Trinajstić information content (AvgIpc) is 2.94. The van der Waals surface area contributed by atoms with Crippen LogP contribution in [-0.4, -0.2) is 29.8 Å². The van der Waals surface area contributed by atoms with Gasteiger partial charge in [0.05, 0.1) is 0 Å². The van der Waals surface area contributed by atoms with Crippen molar-refractivity contribution >= 4 is 17.5 Å². The second-order valence-electron chi connectivity index (χ2n) is 6.46. The first-order chi connectivity index (χ1) is 12.7. The lowest BCUT2D eigenvalue weighted by Gasteiger charge is -2.19. The fourth-order valence-corrected chi connectivity index (χ4v) is 3.01. The van der Waals surface area contributed by atoms with Gasteiger partial charge in [0.2, 0.25) is 11.8 Å². The highest BCUT2D eigenvalue weighted by molar-refractivity contribution is 6.03.